The van der Waals surface area contributed by atoms with Gasteiger partial charge in [0.25, 0.3) is 0 Å². The number of hydrogen-bond acceptors (Lipinski definition) is 32. The highest BCUT2D eigenvalue weighted by Crippen LogP contribution is 2.50. The second kappa shape index (κ2) is 53.3. The summed E-state index contributed by atoms with van der Waals surface area (Å²) in [6.07, 6.45) is -6.74. The zero-order valence-electron chi connectivity index (χ0n) is 90.5. The molecule has 40 atom stereocenters. The summed E-state index contributed by atoms with van der Waals surface area (Å²) in [6, 6.07) is -0.332. The molecule has 2 bridgehead atoms. The van der Waals surface area contributed by atoms with Gasteiger partial charge >= 0.3 is 17.9 Å². The molecule has 794 valence electrons. The molecular weight excluding hydrogens is 1740 g/mol. The van der Waals surface area contributed by atoms with Crippen LogP contribution in [0, 0.1) is 82.9 Å². The number of nitrogens with zero attached hydrogens (tertiary/aromatic N) is 3. The third-order valence-electron chi connectivity index (χ3n) is 32.5. The van der Waals surface area contributed by atoms with E-state index >= 15 is 0 Å². The van der Waals surface area contributed by atoms with E-state index in [2.05, 4.69) is 58.9 Å². The molecule has 135 heavy (non-hydrogen) atoms. The number of carbonyl (C=O) groups excluding carboxylic acids is 3. The van der Waals surface area contributed by atoms with Crippen LogP contribution in [0.15, 0.2) is 10.3 Å². The van der Waals surface area contributed by atoms with Gasteiger partial charge in [0, 0.05) is 109 Å². The van der Waals surface area contributed by atoms with Crippen molar-refractivity contribution in [1.82, 2.24) is 20.9 Å². The third kappa shape index (κ3) is 30.6. The number of esters is 3. The lowest BCUT2D eigenvalue weighted by atomic mass is 9.70. The fourth-order valence-corrected chi connectivity index (χ4v) is 22.2. The quantitative estimate of drug-likeness (QED) is 0.0463. The lowest BCUT2D eigenvalue weighted by Gasteiger charge is -2.47. The van der Waals surface area contributed by atoms with E-state index in [1.165, 1.54) is 28.1 Å². The van der Waals surface area contributed by atoms with E-state index in [4.69, 9.17) is 61.8 Å². The first-order valence-corrected chi connectivity index (χ1v) is 51.8. The average molecular weight is 1930 g/mol. The summed E-state index contributed by atoms with van der Waals surface area (Å²) in [5.41, 5.74) is -9.08. The summed E-state index contributed by atoms with van der Waals surface area (Å²) < 4.78 is 68.4. The van der Waals surface area contributed by atoms with Gasteiger partial charge in [0.05, 0.1) is 99.9 Å². The number of oxime groups is 2. The van der Waals surface area contributed by atoms with Crippen LogP contribution in [0.4, 0.5) is 0 Å². The van der Waals surface area contributed by atoms with Crippen molar-refractivity contribution < 1.29 is 127 Å². The van der Waals surface area contributed by atoms with E-state index in [0.717, 1.165) is 71.2 Å². The Bertz CT molecular complexity index is 3540. The maximum absolute atomic E-state index is 13.9. The van der Waals surface area contributed by atoms with Gasteiger partial charge in [-0.1, -0.05) is 149 Å². The molecule has 9 aliphatic heterocycles. The second-order valence-electron chi connectivity index (χ2n) is 42.9. The number of methoxy groups -OCH3 is 2. The van der Waals surface area contributed by atoms with Crippen molar-refractivity contribution in [2.75, 3.05) is 67.1 Å². The molecule has 0 unspecified atom stereocenters. The molecule has 1 spiro atoms. The number of hydrogen-bond donors (Lipinski definition) is 13. The van der Waals surface area contributed by atoms with E-state index in [9.17, 15) is 65.4 Å². The molecule has 13 N–H and O–H groups in total. The summed E-state index contributed by atoms with van der Waals surface area (Å²) in [5, 5.41) is 134. The second-order valence-corrected chi connectivity index (χ2v) is 42.9. The maximum atomic E-state index is 13.9. The van der Waals surface area contributed by atoms with E-state index in [1.54, 1.807) is 90.0 Å². The number of aliphatic hydroxyl groups is 10. The van der Waals surface area contributed by atoms with Crippen LogP contribution in [0.3, 0.4) is 0 Å². The SMILES string of the molecule is CC.CC.CC.CC[C@H]1OC(=O)[C@H](C)[C@@H](O[C@H]2C[C@@](C)(OC)[C@@H](O)[C@H](C)O2)[C@H](C)[C@@H](C)[C@](C)(O)C[C@@H](C)C(=NO[C@@H]2CCCNC2)[C@H](C)[C@@H](O)[C@]1(C)O.CC[C@H]1OC(=O)[C@H](C)[C@@H](O[C@H]2C[C@@](C)(OC)[C@@H](O)[C@H](C)O2)[C@H](C)[C@@H](C)[C@](C)(O)C[C@@H](C)C(=NO[C@@H]2CCNC2)[C@H](C)[C@@H](O)[C@]1(C)O.CC[C@H]1OC(=O)[C@H](C)[C@H]2OC3(CCNCC3)O[C@@](C)(C[C@@H](C)CN(C)[C@H](C)[C@@H](O)[C@]1(C)O)[C@H](C)[C@H]2C. The molecule has 9 fully saturated rings. The van der Waals surface area contributed by atoms with E-state index in [-0.39, 0.29) is 116 Å². The normalized spacial score (nSPS) is 46.6. The molecule has 32 nitrogen and oxygen atoms in total. The average Bonchev–Trinajstić information content (AvgIpc) is 1.27. The van der Waals surface area contributed by atoms with Gasteiger partial charge in [0.15, 0.2) is 18.4 Å². The molecule has 0 saturated carbocycles. The highest BCUT2D eigenvalue weighted by molar-refractivity contribution is 5.89. The lowest BCUT2D eigenvalue weighted by Crippen LogP contribution is -2.59. The minimum atomic E-state index is -1.84. The number of cyclic esters (lactones) is 3. The highest BCUT2D eigenvalue weighted by atomic mass is 16.7. The topological polar surface area (TPSA) is 438 Å². The van der Waals surface area contributed by atoms with Gasteiger partial charge in [-0.15, -0.1) is 0 Å². The van der Waals surface area contributed by atoms with Gasteiger partial charge in [-0.25, -0.2) is 0 Å². The molecule has 0 amide bonds. The van der Waals surface area contributed by atoms with Crippen LogP contribution in [0.25, 0.3) is 0 Å². The zero-order valence-corrected chi connectivity index (χ0v) is 90.5. The Labute approximate surface area is 813 Å². The van der Waals surface area contributed by atoms with Crippen molar-refractivity contribution in [2.45, 2.75) is 480 Å². The van der Waals surface area contributed by atoms with Gasteiger partial charge in [-0.3, -0.25) is 14.4 Å². The summed E-state index contributed by atoms with van der Waals surface area (Å²) in [4.78, 5) is 55.3. The number of ether oxygens (including phenoxy) is 11. The van der Waals surface area contributed by atoms with Crippen LogP contribution in [-0.4, -0.2) is 313 Å². The standard InChI is InChI=1S/C35H64N2O10.C34H62N2O10.C28H52N2O6.3C2H6/c1-12-26-35(10,42)30(38)21(4)28(37-47-25-14-13-15-36-18-25)19(2)16-33(8,41)23(6)20(3)29(22(5)32(40)45-26)46-27-17-34(9,43-11)31(39)24(7)44-27;1-12-25-34(10,41)29(37)20(4)27(36-46-24-13-14-35-17-24)18(2)15-32(8,40)22(6)19(3)28(21(5)31(39)44-25)45-26-16-33(9,42-11)30(38)23(7)43-26;1-10-22-27(8,33)24(31)21(6)30(9)16-17(2)15-26(7)20(5)18(3)23(19(4)25(32)34-22)35-28(36-26)11-13-29-14-12-28;3*1-2/h19-27,29-31,36,38-39,41-42H,12-18H2,1-11H3;18-26,28-30,35,37-38,40-41H,12-17H2,1-11H3;17-24,29,31,33H,10-16H2,1-9H3;3*1-2H3/t19-,20-,21+,22-,23-,24+,25-,26-,27+,29+,30-,31+,33-,34-,35-;18-,19-,20+,21-,22-,23+,24-,25-,26+,28+,29-,30+,32-,33-,34-;17-,18-,19-,20-,21-,22-,23+,24-,26+,27-;;;/m111.../s1. The van der Waals surface area contributed by atoms with E-state index in [0.29, 0.717) is 30.9 Å². The lowest BCUT2D eigenvalue weighted by molar-refractivity contribution is -0.307. The molecule has 9 aliphatic rings. The Morgan fingerprint density at radius 2 is 0.815 bits per heavy atom. The Hall–Kier alpha value is -3.53. The number of fused-ring (bicyclic) bond motifs is 3. The molecule has 0 radical (unpaired) electrons. The molecular formula is C103H196N6O26. The minimum Gasteiger partial charge on any atom is -0.459 e. The minimum absolute atomic E-state index is 0.0481. The molecule has 0 aromatic rings. The molecule has 0 aromatic carbocycles. The molecule has 0 aliphatic carbocycles. The Kier molecular flexibility index (Phi) is 48.9. The van der Waals surface area contributed by atoms with Crippen molar-refractivity contribution in [3.63, 3.8) is 0 Å². The first kappa shape index (κ1) is 124. The van der Waals surface area contributed by atoms with Gasteiger partial charge in [-0.2, -0.15) is 0 Å². The van der Waals surface area contributed by atoms with Gasteiger partial charge in [0.1, 0.15) is 65.6 Å². The third-order valence-corrected chi connectivity index (χ3v) is 32.5. The number of rotatable bonds is 13. The number of likely N-dealkylation sites (N-methyl/N-ethyl adjacent to an activating group) is 1. The van der Waals surface area contributed by atoms with Crippen molar-refractivity contribution in [3.8, 4) is 0 Å². The predicted octanol–water partition coefficient (Wildman–Crippen LogP) is 12.0. The van der Waals surface area contributed by atoms with Crippen LogP contribution in [-0.2, 0) is 76.2 Å². The molecule has 9 heterocycles. The first-order valence-electron chi connectivity index (χ1n) is 51.8. The summed E-state index contributed by atoms with van der Waals surface area (Å²) >= 11 is 0. The van der Waals surface area contributed by atoms with Crippen molar-refractivity contribution >= 4 is 29.3 Å². The monoisotopic (exact) mass is 1930 g/mol. The largest absolute Gasteiger partial charge is 0.459 e. The first-order chi connectivity index (χ1) is 62.8. The maximum Gasteiger partial charge on any atom is 0.311 e. The number of nitrogens with one attached hydrogen (secondary N) is 3. The molecule has 9 rings (SSSR count). The molecule has 0 aromatic heterocycles. The van der Waals surface area contributed by atoms with E-state index < -0.39 is 184 Å². The number of carbonyl (C=O) groups is 3. The van der Waals surface area contributed by atoms with Crippen LogP contribution in [0.1, 0.15) is 319 Å². The summed E-state index contributed by atoms with van der Waals surface area (Å²) in [7, 11) is 5.04. The molecule has 32 heteroatoms. The van der Waals surface area contributed by atoms with Crippen molar-refractivity contribution in [3.05, 3.63) is 0 Å². The Morgan fingerprint density at radius 3 is 1.17 bits per heavy atom. The fourth-order valence-electron chi connectivity index (χ4n) is 22.2. The van der Waals surface area contributed by atoms with Gasteiger partial charge < -0.3 is 134 Å². The molecule has 9 saturated heterocycles. The number of piperidine rings is 2. The van der Waals surface area contributed by atoms with Crippen LogP contribution in [0.5, 0.6) is 0 Å². The Morgan fingerprint density at radius 1 is 0.444 bits per heavy atom. The fraction of sp³-hybridized carbons (Fsp3) is 0.951. The predicted molar refractivity (Wildman–Crippen MR) is 524 cm³/mol. The van der Waals surface area contributed by atoms with Crippen molar-refractivity contribution in [1.29, 1.82) is 0 Å². The van der Waals surface area contributed by atoms with E-state index in [1.807, 2.05) is 111 Å². The highest BCUT2D eigenvalue weighted by Gasteiger charge is 2.59. The van der Waals surface area contributed by atoms with Crippen LogP contribution < -0.4 is 16.0 Å². The van der Waals surface area contributed by atoms with Crippen LogP contribution >= 0.6 is 0 Å². The number of aliphatic hydroxyl groups excluding tert-OH is 5. The zero-order chi connectivity index (χ0) is 103. The smallest absolute Gasteiger partial charge is 0.311 e. The van der Waals surface area contributed by atoms with Crippen LogP contribution in [0.2, 0.25) is 0 Å². The van der Waals surface area contributed by atoms with Gasteiger partial charge in [0.2, 0.25) is 0 Å². The van der Waals surface area contributed by atoms with Crippen molar-refractivity contribution in [2.24, 2.45) is 93.2 Å². The Balaban J connectivity index is 0.000000415. The summed E-state index contributed by atoms with van der Waals surface area (Å²) in [6.45, 7) is 69.2. The van der Waals surface area contributed by atoms with Gasteiger partial charge in [-0.05, 0) is 210 Å². The summed E-state index contributed by atoms with van der Waals surface area (Å²) in [5.74, 6) is -7.70.